The number of ether oxygens (including phenoxy) is 2. The highest BCUT2D eigenvalue weighted by molar-refractivity contribution is 5.91. The summed E-state index contributed by atoms with van der Waals surface area (Å²) < 4.78 is 11.1. The predicted octanol–water partition coefficient (Wildman–Crippen LogP) is 3.44. The first-order valence-corrected chi connectivity index (χ1v) is 11.5. The second kappa shape index (κ2) is 9.46. The van der Waals surface area contributed by atoms with Crippen LogP contribution in [-0.4, -0.2) is 54.0 Å². The number of rotatable bonds is 8. The number of amides is 2. The van der Waals surface area contributed by atoms with E-state index in [9.17, 15) is 14.4 Å². The molecule has 180 valence electrons. The molecule has 1 aliphatic heterocycles. The molecule has 1 aliphatic carbocycles. The number of hydrogen-bond acceptors (Lipinski definition) is 5. The van der Waals surface area contributed by atoms with Gasteiger partial charge < -0.3 is 25.2 Å². The number of carboxylic acid groups (broad SMARTS) is 1. The Kier molecular flexibility index (Phi) is 6.61. The largest absolute Gasteiger partial charge is 0.481 e. The number of nitrogens with one attached hydrogen (secondary N) is 2. The van der Waals surface area contributed by atoms with Crippen molar-refractivity contribution < 1.29 is 29.0 Å². The summed E-state index contributed by atoms with van der Waals surface area (Å²) in [5.74, 6) is -1.43. The van der Waals surface area contributed by atoms with E-state index >= 15 is 0 Å². The fourth-order valence-electron chi connectivity index (χ4n) is 4.64. The molecule has 1 atom stereocenters. The summed E-state index contributed by atoms with van der Waals surface area (Å²) in [5, 5.41) is 14.6. The third-order valence-corrected chi connectivity index (χ3v) is 6.56. The topological polar surface area (TPSA) is 114 Å². The van der Waals surface area contributed by atoms with E-state index in [0.29, 0.717) is 13.0 Å². The van der Waals surface area contributed by atoms with Crippen LogP contribution in [0.5, 0.6) is 0 Å². The number of carboxylic acids is 1. The number of carbonyl (C=O) groups excluding carboxylic acids is 2. The lowest BCUT2D eigenvalue weighted by molar-refractivity contribution is -0.138. The molecule has 1 heterocycles. The summed E-state index contributed by atoms with van der Waals surface area (Å²) in [4.78, 5) is 36.9. The van der Waals surface area contributed by atoms with Crippen LogP contribution in [0.1, 0.15) is 50.2 Å². The lowest BCUT2D eigenvalue weighted by atomic mass is 9.93. The molecule has 8 heteroatoms. The highest BCUT2D eigenvalue weighted by Crippen LogP contribution is 2.44. The van der Waals surface area contributed by atoms with Gasteiger partial charge in [0, 0.05) is 30.9 Å². The Morgan fingerprint density at radius 2 is 1.71 bits per heavy atom. The Bertz CT molecular complexity index is 1040. The van der Waals surface area contributed by atoms with Gasteiger partial charge in [0.1, 0.15) is 12.1 Å². The lowest BCUT2D eigenvalue weighted by Crippen LogP contribution is -2.62. The number of benzene rings is 2. The first kappa shape index (κ1) is 23.8. The summed E-state index contributed by atoms with van der Waals surface area (Å²) in [5.41, 5.74) is 2.46. The molecular formula is C26H30N2O6. The van der Waals surface area contributed by atoms with Crippen LogP contribution in [0.15, 0.2) is 48.5 Å². The normalized spacial score (nSPS) is 19.2. The van der Waals surface area contributed by atoms with Gasteiger partial charge in [-0.15, -0.1) is 0 Å². The molecule has 0 spiro atoms. The van der Waals surface area contributed by atoms with Crippen molar-refractivity contribution in [1.82, 2.24) is 10.6 Å². The minimum atomic E-state index is -1.26. The third kappa shape index (κ3) is 4.92. The molecule has 34 heavy (non-hydrogen) atoms. The van der Waals surface area contributed by atoms with Crippen LogP contribution in [0.3, 0.4) is 0 Å². The van der Waals surface area contributed by atoms with Crippen LogP contribution in [0.25, 0.3) is 11.1 Å². The molecule has 0 bridgehead atoms. The Labute approximate surface area is 198 Å². The van der Waals surface area contributed by atoms with E-state index in [2.05, 4.69) is 22.8 Å². The zero-order valence-electron chi connectivity index (χ0n) is 19.4. The SMILES string of the molecule is CC(C)(CCC(=O)O)NC(=O)C1(NC(=O)OCC2c3ccccc3-c3ccccc32)CCOC1. The maximum absolute atomic E-state index is 13.1. The van der Waals surface area contributed by atoms with Gasteiger partial charge in [-0.25, -0.2) is 4.79 Å². The van der Waals surface area contributed by atoms with Crippen LogP contribution in [0.4, 0.5) is 4.79 Å². The molecule has 3 N–H and O–H groups in total. The van der Waals surface area contributed by atoms with E-state index in [0.717, 1.165) is 22.3 Å². The maximum Gasteiger partial charge on any atom is 0.408 e. The Morgan fingerprint density at radius 1 is 1.09 bits per heavy atom. The minimum absolute atomic E-state index is 0.0258. The molecule has 4 rings (SSSR count). The second-order valence-corrected chi connectivity index (χ2v) is 9.57. The molecule has 2 aromatic carbocycles. The van der Waals surface area contributed by atoms with E-state index in [-0.39, 0.29) is 32.0 Å². The van der Waals surface area contributed by atoms with Gasteiger partial charge in [0.15, 0.2) is 0 Å². The lowest BCUT2D eigenvalue weighted by Gasteiger charge is -2.33. The van der Waals surface area contributed by atoms with Crippen LogP contribution in [0, 0.1) is 0 Å². The van der Waals surface area contributed by atoms with Crippen LogP contribution < -0.4 is 10.6 Å². The standard InChI is InChI=1S/C26H30N2O6/c1-25(2,12-11-22(29)30)27-23(31)26(13-14-33-16-26)28-24(32)34-15-21-19-9-5-3-7-17(19)18-8-4-6-10-20(18)21/h3-10,21H,11-16H2,1-2H3,(H,27,31)(H,28,32)(H,29,30). The monoisotopic (exact) mass is 466 g/mol. The number of carbonyl (C=O) groups is 3. The molecule has 0 aromatic heterocycles. The van der Waals surface area contributed by atoms with Gasteiger partial charge >= 0.3 is 12.1 Å². The molecule has 2 aliphatic rings. The minimum Gasteiger partial charge on any atom is -0.481 e. The zero-order valence-corrected chi connectivity index (χ0v) is 19.4. The summed E-state index contributed by atoms with van der Waals surface area (Å²) in [6.45, 7) is 4.00. The quantitative estimate of drug-likeness (QED) is 0.549. The van der Waals surface area contributed by atoms with Crippen molar-refractivity contribution in [2.45, 2.75) is 50.1 Å². The fraction of sp³-hybridized carbons (Fsp3) is 0.423. The van der Waals surface area contributed by atoms with Crippen LogP contribution >= 0.6 is 0 Å². The van der Waals surface area contributed by atoms with Crippen molar-refractivity contribution in [3.05, 3.63) is 59.7 Å². The Hall–Kier alpha value is -3.39. The number of hydrogen-bond donors (Lipinski definition) is 3. The molecule has 8 nitrogen and oxygen atoms in total. The highest BCUT2D eigenvalue weighted by Gasteiger charge is 2.46. The van der Waals surface area contributed by atoms with Gasteiger partial charge in [0.2, 0.25) is 5.91 Å². The summed E-state index contributed by atoms with van der Waals surface area (Å²) >= 11 is 0. The second-order valence-electron chi connectivity index (χ2n) is 9.57. The number of fused-ring (bicyclic) bond motifs is 3. The molecule has 1 fully saturated rings. The van der Waals surface area contributed by atoms with E-state index in [1.807, 2.05) is 36.4 Å². The number of alkyl carbamates (subject to hydrolysis) is 1. The van der Waals surface area contributed by atoms with E-state index in [4.69, 9.17) is 14.6 Å². The van der Waals surface area contributed by atoms with Gasteiger partial charge in [-0.1, -0.05) is 48.5 Å². The summed E-state index contributed by atoms with van der Waals surface area (Å²) in [7, 11) is 0. The average molecular weight is 467 g/mol. The van der Waals surface area contributed by atoms with Gasteiger partial charge in [0.25, 0.3) is 0 Å². The summed E-state index contributed by atoms with van der Waals surface area (Å²) in [6, 6.07) is 16.1. The van der Waals surface area contributed by atoms with Crippen molar-refractivity contribution in [2.24, 2.45) is 0 Å². The molecular weight excluding hydrogens is 436 g/mol. The fourth-order valence-corrected chi connectivity index (χ4v) is 4.64. The highest BCUT2D eigenvalue weighted by atomic mass is 16.6. The predicted molar refractivity (Wildman–Crippen MR) is 125 cm³/mol. The summed E-state index contributed by atoms with van der Waals surface area (Å²) in [6.07, 6.45) is -0.198. The molecule has 1 saturated heterocycles. The Morgan fingerprint density at radius 3 is 2.26 bits per heavy atom. The van der Waals surface area contributed by atoms with Gasteiger partial charge in [0.05, 0.1) is 6.61 Å². The molecule has 0 radical (unpaired) electrons. The van der Waals surface area contributed by atoms with E-state index in [1.54, 1.807) is 13.8 Å². The average Bonchev–Trinajstić information content (AvgIpc) is 3.40. The van der Waals surface area contributed by atoms with Crippen molar-refractivity contribution in [2.75, 3.05) is 19.8 Å². The number of aliphatic carboxylic acids is 1. The van der Waals surface area contributed by atoms with Crippen molar-refractivity contribution >= 4 is 18.0 Å². The first-order chi connectivity index (χ1) is 16.2. The smallest absolute Gasteiger partial charge is 0.408 e. The van der Waals surface area contributed by atoms with Crippen molar-refractivity contribution in [1.29, 1.82) is 0 Å². The zero-order chi connectivity index (χ0) is 24.3. The molecule has 0 saturated carbocycles. The van der Waals surface area contributed by atoms with E-state index < -0.39 is 29.0 Å². The molecule has 2 aromatic rings. The van der Waals surface area contributed by atoms with E-state index in [1.165, 1.54) is 0 Å². The first-order valence-electron chi connectivity index (χ1n) is 11.5. The molecule has 1 unspecified atom stereocenters. The van der Waals surface area contributed by atoms with Crippen molar-refractivity contribution in [3.63, 3.8) is 0 Å². The van der Waals surface area contributed by atoms with Gasteiger partial charge in [-0.3, -0.25) is 9.59 Å². The van der Waals surface area contributed by atoms with Crippen LogP contribution in [0.2, 0.25) is 0 Å². The Balaban J connectivity index is 1.42. The van der Waals surface area contributed by atoms with Crippen molar-refractivity contribution in [3.8, 4) is 11.1 Å². The maximum atomic E-state index is 13.1. The van der Waals surface area contributed by atoms with Gasteiger partial charge in [-0.05, 0) is 42.5 Å². The van der Waals surface area contributed by atoms with Gasteiger partial charge in [-0.2, -0.15) is 0 Å². The third-order valence-electron chi connectivity index (χ3n) is 6.56. The molecule has 2 amide bonds. The van der Waals surface area contributed by atoms with Crippen LogP contribution in [-0.2, 0) is 19.1 Å².